The molecule has 104 valence electrons. The molecule has 2 heterocycles. The minimum atomic E-state index is 0. The van der Waals surface area contributed by atoms with E-state index in [2.05, 4.69) is 15.6 Å². The van der Waals surface area contributed by atoms with Crippen LogP contribution in [0.1, 0.15) is 18.4 Å². The lowest BCUT2D eigenvalue weighted by Gasteiger charge is -2.32. The van der Waals surface area contributed by atoms with E-state index in [-0.39, 0.29) is 12.4 Å². The Bertz CT molecular complexity index is 368. The molecule has 1 aliphatic heterocycles. The van der Waals surface area contributed by atoms with Crippen molar-refractivity contribution in [1.82, 2.24) is 10.2 Å². The molecule has 0 spiro atoms. The average molecular weight is 330 g/mol. The van der Waals surface area contributed by atoms with Crippen molar-refractivity contribution in [3.8, 4) is 0 Å². The number of nitrogens with one attached hydrogen (secondary N) is 1. The van der Waals surface area contributed by atoms with E-state index in [1.165, 1.54) is 36.3 Å². The SMILES string of the molecule is CNCC1CCCN(Cc2csc(Cl)c2Cl)C1.Cl. The van der Waals surface area contributed by atoms with Crippen LogP contribution in [0.3, 0.4) is 0 Å². The number of hydrogen-bond donors (Lipinski definition) is 1. The van der Waals surface area contributed by atoms with Crippen LogP contribution in [0.25, 0.3) is 0 Å². The van der Waals surface area contributed by atoms with Crippen LogP contribution in [0.2, 0.25) is 9.36 Å². The fourth-order valence-corrected chi connectivity index (χ4v) is 3.69. The zero-order valence-electron chi connectivity index (χ0n) is 10.4. The second kappa shape index (κ2) is 7.93. The number of likely N-dealkylation sites (tertiary alicyclic amines) is 1. The summed E-state index contributed by atoms with van der Waals surface area (Å²) in [7, 11) is 2.02. The summed E-state index contributed by atoms with van der Waals surface area (Å²) in [6.07, 6.45) is 2.61. The molecule has 1 aromatic heterocycles. The van der Waals surface area contributed by atoms with Crippen molar-refractivity contribution in [2.75, 3.05) is 26.7 Å². The first-order valence-corrected chi connectivity index (χ1v) is 7.62. The molecule has 0 aliphatic carbocycles. The highest BCUT2D eigenvalue weighted by atomic mass is 35.5. The van der Waals surface area contributed by atoms with Crippen LogP contribution in [0.4, 0.5) is 0 Å². The Hall–Kier alpha value is 0.490. The Balaban J connectivity index is 0.00000162. The van der Waals surface area contributed by atoms with E-state index in [4.69, 9.17) is 23.2 Å². The van der Waals surface area contributed by atoms with Crippen molar-refractivity contribution in [3.63, 3.8) is 0 Å². The molecule has 6 heteroatoms. The molecule has 18 heavy (non-hydrogen) atoms. The molecule has 1 atom stereocenters. The van der Waals surface area contributed by atoms with Crippen molar-refractivity contribution in [2.24, 2.45) is 5.92 Å². The van der Waals surface area contributed by atoms with Gasteiger partial charge in [-0.25, -0.2) is 0 Å². The predicted molar refractivity (Wildman–Crippen MR) is 83.5 cm³/mol. The maximum atomic E-state index is 6.17. The molecule has 0 saturated carbocycles. The summed E-state index contributed by atoms with van der Waals surface area (Å²) in [6.45, 7) is 4.37. The van der Waals surface area contributed by atoms with Crippen LogP contribution in [0.5, 0.6) is 0 Å². The van der Waals surface area contributed by atoms with E-state index in [9.17, 15) is 0 Å². The molecule has 0 radical (unpaired) electrons. The quantitative estimate of drug-likeness (QED) is 0.901. The summed E-state index contributed by atoms with van der Waals surface area (Å²) in [4.78, 5) is 2.48. The third-order valence-electron chi connectivity index (χ3n) is 3.25. The van der Waals surface area contributed by atoms with Gasteiger partial charge in [-0.1, -0.05) is 23.2 Å². The fraction of sp³-hybridized carbons (Fsp3) is 0.667. The molecule has 1 aromatic rings. The van der Waals surface area contributed by atoms with Gasteiger partial charge in [0.05, 0.1) is 5.02 Å². The summed E-state index contributed by atoms with van der Waals surface area (Å²) < 4.78 is 0.713. The van der Waals surface area contributed by atoms with Gasteiger partial charge in [-0.05, 0) is 49.8 Å². The van der Waals surface area contributed by atoms with Crippen molar-refractivity contribution < 1.29 is 0 Å². The van der Waals surface area contributed by atoms with Gasteiger partial charge in [-0.2, -0.15) is 0 Å². The molecule has 1 aliphatic rings. The van der Waals surface area contributed by atoms with E-state index in [1.54, 1.807) is 0 Å². The predicted octanol–water partition coefficient (Wildman–Crippen LogP) is 3.91. The number of piperidine rings is 1. The van der Waals surface area contributed by atoms with E-state index < -0.39 is 0 Å². The largest absolute Gasteiger partial charge is 0.319 e. The number of nitrogens with zero attached hydrogens (tertiary/aromatic N) is 1. The van der Waals surface area contributed by atoms with Gasteiger partial charge >= 0.3 is 0 Å². The summed E-state index contributed by atoms with van der Waals surface area (Å²) >= 11 is 13.7. The molecule has 1 saturated heterocycles. The molecular formula is C12H19Cl3N2S. The van der Waals surface area contributed by atoms with Gasteiger partial charge in [0.2, 0.25) is 0 Å². The van der Waals surface area contributed by atoms with Crippen LogP contribution in [0.15, 0.2) is 5.38 Å². The minimum Gasteiger partial charge on any atom is -0.319 e. The first-order valence-electron chi connectivity index (χ1n) is 5.99. The summed E-state index contributed by atoms with van der Waals surface area (Å²) in [5, 5.41) is 6.08. The van der Waals surface area contributed by atoms with Gasteiger partial charge in [0.15, 0.2) is 0 Å². The minimum absolute atomic E-state index is 0. The van der Waals surface area contributed by atoms with Crippen molar-refractivity contribution in [1.29, 1.82) is 0 Å². The maximum absolute atomic E-state index is 6.17. The fourth-order valence-electron chi connectivity index (χ4n) is 2.45. The smallest absolute Gasteiger partial charge is 0.112 e. The van der Waals surface area contributed by atoms with Crippen molar-refractivity contribution in [3.05, 3.63) is 20.3 Å². The number of rotatable bonds is 4. The van der Waals surface area contributed by atoms with E-state index in [1.807, 2.05) is 7.05 Å². The zero-order chi connectivity index (χ0) is 12.3. The van der Waals surface area contributed by atoms with Crippen LogP contribution in [-0.2, 0) is 6.54 Å². The summed E-state index contributed by atoms with van der Waals surface area (Å²) in [6, 6.07) is 0. The third kappa shape index (κ3) is 4.26. The van der Waals surface area contributed by atoms with Crippen molar-refractivity contribution >= 4 is 46.9 Å². The Morgan fingerprint density at radius 1 is 1.50 bits per heavy atom. The normalized spacial score (nSPS) is 20.7. The lowest BCUT2D eigenvalue weighted by molar-refractivity contribution is 0.167. The molecule has 2 nitrogen and oxygen atoms in total. The average Bonchev–Trinajstić information content (AvgIpc) is 2.62. The second-order valence-corrected chi connectivity index (χ2v) is 6.51. The monoisotopic (exact) mass is 328 g/mol. The zero-order valence-corrected chi connectivity index (χ0v) is 13.6. The standard InChI is InChI=1S/C12H18Cl2N2S.ClH/c1-15-5-9-3-2-4-16(6-9)7-10-8-17-12(14)11(10)13;/h8-9,15H,2-7H2,1H3;1H. The van der Waals surface area contributed by atoms with Gasteiger partial charge in [-0.15, -0.1) is 23.7 Å². The number of thiophene rings is 1. The molecule has 1 N–H and O–H groups in total. The molecule has 1 unspecified atom stereocenters. The topological polar surface area (TPSA) is 15.3 Å². The van der Waals surface area contributed by atoms with Gasteiger partial charge < -0.3 is 5.32 Å². The maximum Gasteiger partial charge on any atom is 0.112 e. The van der Waals surface area contributed by atoms with Crippen LogP contribution in [-0.4, -0.2) is 31.6 Å². The Labute approximate surface area is 129 Å². The third-order valence-corrected chi connectivity index (χ3v) is 5.16. The lowest BCUT2D eigenvalue weighted by Crippen LogP contribution is -2.38. The van der Waals surface area contributed by atoms with Crippen LogP contribution < -0.4 is 5.32 Å². The summed E-state index contributed by atoms with van der Waals surface area (Å²) in [5.74, 6) is 0.765. The highest BCUT2D eigenvalue weighted by Gasteiger charge is 2.20. The molecule has 1 fully saturated rings. The lowest BCUT2D eigenvalue weighted by atomic mass is 9.98. The second-order valence-electron chi connectivity index (χ2n) is 4.65. The van der Waals surface area contributed by atoms with Gasteiger partial charge in [0, 0.05) is 13.1 Å². The number of halogens is 3. The van der Waals surface area contributed by atoms with Gasteiger partial charge in [-0.3, -0.25) is 4.90 Å². The first kappa shape index (κ1) is 16.5. The van der Waals surface area contributed by atoms with Crippen molar-refractivity contribution in [2.45, 2.75) is 19.4 Å². The molecule has 2 rings (SSSR count). The van der Waals surface area contributed by atoms with E-state index >= 15 is 0 Å². The Kier molecular flexibility index (Phi) is 7.29. The molecule has 0 aromatic carbocycles. The Morgan fingerprint density at radius 2 is 2.28 bits per heavy atom. The van der Waals surface area contributed by atoms with E-state index in [0.29, 0.717) is 4.34 Å². The molecule has 0 amide bonds. The number of hydrogen-bond acceptors (Lipinski definition) is 3. The molecular weight excluding hydrogens is 311 g/mol. The molecule has 0 bridgehead atoms. The first-order chi connectivity index (χ1) is 8.20. The summed E-state index contributed by atoms with van der Waals surface area (Å²) in [5.41, 5.74) is 1.17. The Morgan fingerprint density at radius 3 is 2.89 bits per heavy atom. The van der Waals surface area contributed by atoms with Crippen LogP contribution in [0, 0.1) is 5.92 Å². The highest BCUT2D eigenvalue weighted by Crippen LogP contribution is 2.33. The van der Waals surface area contributed by atoms with Crippen LogP contribution >= 0.6 is 46.9 Å². The van der Waals surface area contributed by atoms with Gasteiger partial charge in [0.1, 0.15) is 4.34 Å². The van der Waals surface area contributed by atoms with E-state index in [0.717, 1.165) is 30.6 Å². The van der Waals surface area contributed by atoms with Gasteiger partial charge in [0.25, 0.3) is 0 Å². The highest BCUT2D eigenvalue weighted by molar-refractivity contribution is 7.15.